The predicted molar refractivity (Wildman–Crippen MR) is 58.2 cm³/mol. The van der Waals surface area contributed by atoms with Crippen molar-refractivity contribution in [3.05, 3.63) is 0 Å². The molecule has 0 heterocycles. The molecule has 1 saturated carbocycles. The number of methoxy groups -OCH3 is 1. The number of hydrogen-bond donors (Lipinski definition) is 0. The van der Waals surface area contributed by atoms with Crippen molar-refractivity contribution in [2.24, 2.45) is 0 Å². The molecule has 0 bridgehead atoms. The molecule has 0 saturated heterocycles. The first-order chi connectivity index (χ1) is 7.06. The van der Waals surface area contributed by atoms with E-state index in [4.69, 9.17) is 9.47 Å². The monoisotopic (exact) mass is 236 g/mol. The number of ether oxygens (including phenoxy) is 2. The lowest BCUT2D eigenvalue weighted by atomic mass is 10.0. The molecular weight excluding hydrogens is 216 g/mol. The zero-order chi connectivity index (χ0) is 11.3. The molecule has 1 atom stereocenters. The fraction of sp³-hybridized carbons (Fsp3) is 1.00. The number of rotatable bonds is 5. The number of hydrogen-bond acceptors (Lipinski definition) is 4. The highest BCUT2D eigenvalue weighted by molar-refractivity contribution is 7.91. The highest BCUT2D eigenvalue weighted by Gasteiger charge is 2.27. The molecule has 15 heavy (non-hydrogen) atoms. The van der Waals surface area contributed by atoms with Crippen LogP contribution in [0.3, 0.4) is 0 Å². The highest BCUT2D eigenvalue weighted by atomic mass is 32.2. The van der Waals surface area contributed by atoms with Gasteiger partial charge in [-0.25, -0.2) is 8.42 Å². The standard InChI is InChI=1S/C10H20O4S/c1-9(13-2)14-8-15(11,12)10-6-4-3-5-7-10/h9-10H,3-8H2,1-2H3. The Kier molecular flexibility index (Phi) is 5.02. The molecular formula is C10H20O4S. The van der Waals surface area contributed by atoms with Gasteiger partial charge in [0.25, 0.3) is 0 Å². The molecule has 0 aromatic carbocycles. The van der Waals surface area contributed by atoms with Gasteiger partial charge in [0, 0.05) is 7.11 Å². The molecule has 1 fully saturated rings. The van der Waals surface area contributed by atoms with E-state index >= 15 is 0 Å². The smallest absolute Gasteiger partial charge is 0.177 e. The fourth-order valence-corrected chi connectivity index (χ4v) is 3.40. The Labute approximate surface area is 91.9 Å². The first kappa shape index (κ1) is 12.9. The van der Waals surface area contributed by atoms with E-state index in [2.05, 4.69) is 0 Å². The Bertz CT molecular complexity index is 267. The van der Waals surface area contributed by atoms with E-state index in [-0.39, 0.29) is 11.2 Å². The summed E-state index contributed by atoms with van der Waals surface area (Å²) >= 11 is 0. The predicted octanol–water partition coefficient (Wildman–Crippen LogP) is 1.70. The molecule has 1 rings (SSSR count). The van der Waals surface area contributed by atoms with Gasteiger partial charge in [-0.2, -0.15) is 0 Å². The van der Waals surface area contributed by atoms with Crippen molar-refractivity contribution in [1.82, 2.24) is 0 Å². The Hall–Kier alpha value is -0.130. The Morgan fingerprint density at radius 3 is 2.40 bits per heavy atom. The molecule has 0 spiro atoms. The van der Waals surface area contributed by atoms with Crippen LogP contribution in [0.5, 0.6) is 0 Å². The van der Waals surface area contributed by atoms with Crippen LogP contribution < -0.4 is 0 Å². The minimum Gasteiger partial charge on any atom is -0.356 e. The van der Waals surface area contributed by atoms with Gasteiger partial charge in [-0.3, -0.25) is 0 Å². The summed E-state index contributed by atoms with van der Waals surface area (Å²) < 4.78 is 33.6. The van der Waals surface area contributed by atoms with Crippen LogP contribution in [-0.2, 0) is 19.3 Å². The van der Waals surface area contributed by atoms with Gasteiger partial charge in [-0.1, -0.05) is 19.3 Å². The van der Waals surface area contributed by atoms with E-state index in [0.717, 1.165) is 32.1 Å². The third-order valence-corrected chi connectivity index (χ3v) is 4.81. The van der Waals surface area contributed by atoms with E-state index in [1.54, 1.807) is 6.92 Å². The van der Waals surface area contributed by atoms with Gasteiger partial charge in [0.1, 0.15) is 0 Å². The Balaban J connectivity index is 2.43. The summed E-state index contributed by atoms with van der Waals surface area (Å²) in [7, 11) is -1.59. The van der Waals surface area contributed by atoms with E-state index in [9.17, 15) is 8.42 Å². The normalized spacial score (nSPS) is 21.5. The third kappa shape index (κ3) is 4.09. The van der Waals surface area contributed by atoms with Crippen molar-refractivity contribution >= 4 is 9.84 Å². The molecule has 90 valence electrons. The zero-order valence-electron chi connectivity index (χ0n) is 9.44. The molecule has 0 aromatic heterocycles. The van der Waals surface area contributed by atoms with Crippen molar-refractivity contribution in [2.75, 3.05) is 13.0 Å². The fourth-order valence-electron chi connectivity index (χ4n) is 1.78. The van der Waals surface area contributed by atoms with Crippen LogP contribution in [0.1, 0.15) is 39.0 Å². The second kappa shape index (κ2) is 5.82. The first-order valence-electron chi connectivity index (χ1n) is 5.42. The summed E-state index contributed by atoms with van der Waals surface area (Å²) in [6.45, 7) is 1.69. The lowest BCUT2D eigenvalue weighted by Crippen LogP contribution is -2.29. The van der Waals surface area contributed by atoms with Crippen molar-refractivity contribution in [2.45, 2.75) is 50.6 Å². The van der Waals surface area contributed by atoms with Crippen LogP contribution in [0.4, 0.5) is 0 Å². The minimum absolute atomic E-state index is 0.199. The van der Waals surface area contributed by atoms with Gasteiger partial charge in [-0.15, -0.1) is 0 Å². The van der Waals surface area contributed by atoms with Gasteiger partial charge in [-0.05, 0) is 19.8 Å². The molecule has 0 radical (unpaired) electrons. The third-order valence-electron chi connectivity index (χ3n) is 2.86. The Morgan fingerprint density at radius 1 is 1.27 bits per heavy atom. The van der Waals surface area contributed by atoms with Crippen molar-refractivity contribution in [3.63, 3.8) is 0 Å². The molecule has 0 aromatic rings. The molecule has 0 aliphatic heterocycles. The largest absolute Gasteiger partial charge is 0.356 e. The second-order valence-corrected chi connectivity index (χ2v) is 6.24. The van der Waals surface area contributed by atoms with Gasteiger partial charge in [0.05, 0.1) is 5.25 Å². The molecule has 0 amide bonds. The zero-order valence-corrected chi connectivity index (χ0v) is 10.3. The maximum absolute atomic E-state index is 11.8. The van der Waals surface area contributed by atoms with E-state index < -0.39 is 16.1 Å². The summed E-state index contributed by atoms with van der Waals surface area (Å²) in [6.07, 6.45) is 4.30. The van der Waals surface area contributed by atoms with Gasteiger partial charge in [0.15, 0.2) is 22.1 Å². The van der Waals surface area contributed by atoms with Crippen LogP contribution >= 0.6 is 0 Å². The van der Waals surface area contributed by atoms with E-state index in [0.29, 0.717) is 0 Å². The summed E-state index contributed by atoms with van der Waals surface area (Å²) in [6, 6.07) is 0. The summed E-state index contributed by atoms with van der Waals surface area (Å²) in [5.74, 6) is -0.216. The SMILES string of the molecule is COC(C)OCS(=O)(=O)C1CCCCC1. The van der Waals surface area contributed by atoms with Gasteiger partial charge >= 0.3 is 0 Å². The minimum atomic E-state index is -3.09. The van der Waals surface area contributed by atoms with Crippen LogP contribution in [0.25, 0.3) is 0 Å². The maximum Gasteiger partial charge on any atom is 0.177 e. The van der Waals surface area contributed by atoms with Crippen LogP contribution in [0.15, 0.2) is 0 Å². The summed E-state index contributed by atoms with van der Waals surface area (Å²) in [5, 5.41) is -0.199. The molecule has 4 nitrogen and oxygen atoms in total. The quantitative estimate of drug-likeness (QED) is 0.682. The van der Waals surface area contributed by atoms with Crippen LogP contribution in [0.2, 0.25) is 0 Å². The van der Waals surface area contributed by atoms with Crippen molar-refractivity contribution in [1.29, 1.82) is 0 Å². The molecule has 5 heteroatoms. The topological polar surface area (TPSA) is 52.6 Å². The van der Waals surface area contributed by atoms with E-state index in [1.807, 2.05) is 0 Å². The lowest BCUT2D eigenvalue weighted by molar-refractivity contribution is -0.0954. The molecule has 1 unspecified atom stereocenters. The van der Waals surface area contributed by atoms with Crippen LogP contribution in [-0.4, -0.2) is 33.0 Å². The van der Waals surface area contributed by atoms with Crippen LogP contribution in [0, 0.1) is 0 Å². The van der Waals surface area contributed by atoms with Gasteiger partial charge in [0.2, 0.25) is 0 Å². The first-order valence-corrected chi connectivity index (χ1v) is 7.14. The average Bonchev–Trinajstić information content (AvgIpc) is 2.27. The maximum atomic E-state index is 11.8. The molecule has 1 aliphatic carbocycles. The molecule has 0 N–H and O–H groups in total. The van der Waals surface area contributed by atoms with Crippen molar-refractivity contribution < 1.29 is 17.9 Å². The van der Waals surface area contributed by atoms with E-state index in [1.165, 1.54) is 7.11 Å². The summed E-state index contributed by atoms with van der Waals surface area (Å²) in [4.78, 5) is 0. The van der Waals surface area contributed by atoms with Gasteiger partial charge < -0.3 is 9.47 Å². The average molecular weight is 236 g/mol. The van der Waals surface area contributed by atoms with Crippen molar-refractivity contribution in [3.8, 4) is 0 Å². The molecule has 1 aliphatic rings. The second-order valence-electron chi connectivity index (χ2n) is 4.01. The summed E-state index contributed by atoms with van der Waals surface area (Å²) in [5.41, 5.74) is 0. The highest BCUT2D eigenvalue weighted by Crippen LogP contribution is 2.24. The lowest BCUT2D eigenvalue weighted by Gasteiger charge is -2.22. The number of sulfone groups is 1. The Morgan fingerprint density at radius 2 is 1.87 bits per heavy atom.